The Morgan fingerprint density at radius 2 is 2.00 bits per heavy atom. The smallest absolute Gasteiger partial charge is 0.282 e. The first kappa shape index (κ1) is 15.2. The molecular weight excluding hydrogens is 262 g/mol. The molecule has 5 nitrogen and oxygen atoms in total. The third kappa shape index (κ3) is 3.90. The summed E-state index contributed by atoms with van der Waals surface area (Å²) in [6.45, 7) is 5.08. The summed E-state index contributed by atoms with van der Waals surface area (Å²) in [5.41, 5.74) is 0. The van der Waals surface area contributed by atoms with Gasteiger partial charge in [0.15, 0.2) is 0 Å². The molecule has 1 aliphatic heterocycles. The van der Waals surface area contributed by atoms with Crippen LogP contribution < -0.4 is 5.32 Å². The minimum Gasteiger partial charge on any atom is -0.315 e. The second kappa shape index (κ2) is 6.52. The lowest BCUT2D eigenvalue weighted by Crippen LogP contribution is -2.53. The molecule has 19 heavy (non-hydrogen) atoms. The molecular formula is C13H27N3O2S. The molecule has 112 valence electrons. The summed E-state index contributed by atoms with van der Waals surface area (Å²) >= 11 is 0. The molecule has 1 saturated heterocycles. The van der Waals surface area contributed by atoms with Crippen molar-refractivity contribution in [3.05, 3.63) is 0 Å². The first-order valence-corrected chi connectivity index (χ1v) is 8.89. The molecule has 0 amide bonds. The zero-order chi connectivity index (χ0) is 13.9. The molecule has 1 atom stereocenters. The third-order valence-electron chi connectivity index (χ3n) is 4.11. The van der Waals surface area contributed by atoms with Crippen LogP contribution in [0.1, 0.15) is 39.0 Å². The van der Waals surface area contributed by atoms with Gasteiger partial charge >= 0.3 is 0 Å². The van der Waals surface area contributed by atoms with E-state index in [1.807, 2.05) is 0 Å². The maximum absolute atomic E-state index is 12.6. The molecule has 2 aliphatic rings. The van der Waals surface area contributed by atoms with Crippen LogP contribution in [-0.2, 0) is 10.2 Å². The highest BCUT2D eigenvalue weighted by Gasteiger charge is 2.36. The van der Waals surface area contributed by atoms with Gasteiger partial charge in [0, 0.05) is 32.7 Å². The van der Waals surface area contributed by atoms with E-state index in [2.05, 4.69) is 12.2 Å². The van der Waals surface area contributed by atoms with Crippen LogP contribution in [0.5, 0.6) is 0 Å². The van der Waals surface area contributed by atoms with Crippen molar-refractivity contribution in [3.63, 3.8) is 0 Å². The predicted octanol–water partition coefficient (Wildman–Crippen LogP) is 1.04. The minimum atomic E-state index is -3.27. The van der Waals surface area contributed by atoms with Crippen LogP contribution in [0.15, 0.2) is 0 Å². The summed E-state index contributed by atoms with van der Waals surface area (Å²) < 4.78 is 28.6. The van der Waals surface area contributed by atoms with Gasteiger partial charge in [0.05, 0.1) is 0 Å². The number of nitrogens with one attached hydrogen (secondary N) is 1. The Morgan fingerprint density at radius 3 is 2.63 bits per heavy atom. The normalized spacial score (nSPS) is 25.9. The number of piperidine rings is 1. The Balaban J connectivity index is 2.01. The zero-order valence-electron chi connectivity index (χ0n) is 12.1. The second-order valence-electron chi connectivity index (χ2n) is 5.80. The van der Waals surface area contributed by atoms with E-state index in [9.17, 15) is 8.42 Å². The topological polar surface area (TPSA) is 52.7 Å². The zero-order valence-corrected chi connectivity index (χ0v) is 13.0. The van der Waals surface area contributed by atoms with Crippen LogP contribution in [0.25, 0.3) is 0 Å². The van der Waals surface area contributed by atoms with Crippen molar-refractivity contribution in [3.8, 4) is 0 Å². The van der Waals surface area contributed by atoms with Gasteiger partial charge in [-0.25, -0.2) is 0 Å². The van der Waals surface area contributed by atoms with Crippen molar-refractivity contribution in [2.24, 2.45) is 5.92 Å². The van der Waals surface area contributed by atoms with E-state index in [1.165, 1.54) is 12.8 Å². The number of nitrogens with zero attached hydrogens (tertiary/aromatic N) is 2. The van der Waals surface area contributed by atoms with Crippen molar-refractivity contribution in [1.82, 2.24) is 13.9 Å². The first-order valence-electron chi connectivity index (χ1n) is 7.49. The van der Waals surface area contributed by atoms with Crippen LogP contribution in [-0.4, -0.2) is 56.3 Å². The summed E-state index contributed by atoms with van der Waals surface area (Å²) in [6, 6.07) is 0.125. The quantitative estimate of drug-likeness (QED) is 0.762. The Hall–Kier alpha value is -0.170. The van der Waals surface area contributed by atoms with Gasteiger partial charge in [-0.05, 0) is 38.1 Å². The molecule has 0 aromatic heterocycles. The minimum absolute atomic E-state index is 0.125. The number of likely N-dealkylation sites (N-methyl/N-ethyl adjacent to an activating group) is 1. The summed E-state index contributed by atoms with van der Waals surface area (Å²) in [5, 5.41) is 3.29. The Morgan fingerprint density at radius 1 is 1.26 bits per heavy atom. The van der Waals surface area contributed by atoms with Gasteiger partial charge in [0.1, 0.15) is 0 Å². The molecule has 1 heterocycles. The fraction of sp³-hybridized carbons (Fsp3) is 1.00. The lowest BCUT2D eigenvalue weighted by atomic mass is 10.1. The van der Waals surface area contributed by atoms with E-state index < -0.39 is 10.2 Å². The van der Waals surface area contributed by atoms with Crippen molar-refractivity contribution in [2.45, 2.75) is 45.1 Å². The number of hydrogen-bond donors (Lipinski definition) is 1. The van der Waals surface area contributed by atoms with Crippen LogP contribution in [0.4, 0.5) is 0 Å². The van der Waals surface area contributed by atoms with E-state index in [0.29, 0.717) is 19.0 Å². The van der Waals surface area contributed by atoms with E-state index >= 15 is 0 Å². The molecule has 2 rings (SSSR count). The Bertz CT molecular complexity index is 381. The van der Waals surface area contributed by atoms with E-state index in [1.54, 1.807) is 15.7 Å². The van der Waals surface area contributed by atoms with Crippen LogP contribution >= 0.6 is 0 Å². The van der Waals surface area contributed by atoms with Crippen LogP contribution in [0.2, 0.25) is 0 Å². The molecule has 0 aromatic rings. The highest BCUT2D eigenvalue weighted by atomic mass is 32.2. The van der Waals surface area contributed by atoms with E-state index in [4.69, 9.17) is 0 Å². The van der Waals surface area contributed by atoms with Gasteiger partial charge in [-0.2, -0.15) is 17.0 Å². The molecule has 0 aromatic carbocycles. The number of rotatable bonds is 7. The van der Waals surface area contributed by atoms with Crippen molar-refractivity contribution in [1.29, 1.82) is 0 Å². The number of hydrogen-bond acceptors (Lipinski definition) is 3. The highest BCUT2D eigenvalue weighted by Crippen LogP contribution is 2.31. The molecule has 1 aliphatic carbocycles. The maximum atomic E-state index is 12.6. The van der Waals surface area contributed by atoms with Gasteiger partial charge in [-0.1, -0.05) is 13.3 Å². The van der Waals surface area contributed by atoms with Crippen molar-refractivity contribution in [2.75, 3.05) is 33.2 Å². The van der Waals surface area contributed by atoms with Gasteiger partial charge in [-0.15, -0.1) is 0 Å². The molecule has 0 spiro atoms. The summed E-state index contributed by atoms with van der Waals surface area (Å²) in [7, 11) is -1.54. The molecule has 1 N–H and O–H groups in total. The molecule has 0 radical (unpaired) electrons. The van der Waals surface area contributed by atoms with Crippen LogP contribution in [0.3, 0.4) is 0 Å². The summed E-state index contributed by atoms with van der Waals surface area (Å²) in [5.74, 6) is 0.594. The van der Waals surface area contributed by atoms with Crippen LogP contribution in [0, 0.1) is 5.92 Å². The standard InChI is InChI=1S/C13H27N3O2S/c1-3-14-10-13-6-4-5-9-16(13)19(17,18)15(2)11-12-7-8-12/h12-14H,3-11H2,1-2H3. The van der Waals surface area contributed by atoms with Crippen molar-refractivity contribution >= 4 is 10.2 Å². The monoisotopic (exact) mass is 289 g/mol. The van der Waals surface area contributed by atoms with Gasteiger partial charge in [-0.3, -0.25) is 0 Å². The van der Waals surface area contributed by atoms with Crippen molar-refractivity contribution < 1.29 is 8.42 Å². The Labute approximate surface area is 117 Å². The molecule has 0 bridgehead atoms. The highest BCUT2D eigenvalue weighted by molar-refractivity contribution is 7.86. The summed E-state index contributed by atoms with van der Waals surface area (Å²) in [4.78, 5) is 0. The maximum Gasteiger partial charge on any atom is 0.282 e. The third-order valence-corrected chi connectivity index (χ3v) is 6.12. The molecule has 1 saturated carbocycles. The van der Waals surface area contributed by atoms with Gasteiger partial charge in [0.2, 0.25) is 0 Å². The molecule has 2 fully saturated rings. The fourth-order valence-electron chi connectivity index (χ4n) is 2.73. The lowest BCUT2D eigenvalue weighted by Gasteiger charge is -2.37. The lowest BCUT2D eigenvalue weighted by molar-refractivity contribution is 0.230. The molecule has 6 heteroatoms. The predicted molar refractivity (Wildman–Crippen MR) is 77.2 cm³/mol. The van der Waals surface area contributed by atoms with Gasteiger partial charge < -0.3 is 5.32 Å². The Kier molecular flexibility index (Phi) is 5.22. The molecule has 1 unspecified atom stereocenters. The summed E-state index contributed by atoms with van der Waals surface area (Å²) in [6.07, 6.45) is 5.46. The average molecular weight is 289 g/mol. The van der Waals surface area contributed by atoms with Gasteiger partial charge in [0.25, 0.3) is 10.2 Å². The second-order valence-corrected chi connectivity index (χ2v) is 7.79. The first-order chi connectivity index (χ1) is 9.05. The van der Waals surface area contributed by atoms with E-state index in [-0.39, 0.29) is 6.04 Å². The fourth-order valence-corrected chi connectivity index (χ4v) is 4.40. The average Bonchev–Trinajstić information content (AvgIpc) is 3.20. The SMILES string of the molecule is CCNCC1CCCCN1S(=O)(=O)N(C)CC1CC1. The largest absolute Gasteiger partial charge is 0.315 e. The van der Waals surface area contributed by atoms with E-state index in [0.717, 1.165) is 32.4 Å².